The lowest BCUT2D eigenvalue weighted by Gasteiger charge is -2.21. The van der Waals surface area contributed by atoms with Crippen molar-refractivity contribution in [3.8, 4) is 0 Å². The van der Waals surface area contributed by atoms with Gasteiger partial charge < -0.3 is 10.6 Å². The van der Waals surface area contributed by atoms with Gasteiger partial charge >= 0.3 is 0 Å². The summed E-state index contributed by atoms with van der Waals surface area (Å²) in [6, 6.07) is 5.30. The molecule has 0 unspecified atom stereocenters. The van der Waals surface area contributed by atoms with Crippen molar-refractivity contribution in [2.75, 3.05) is 13.1 Å². The lowest BCUT2D eigenvalue weighted by molar-refractivity contribution is 0.0780. The summed E-state index contributed by atoms with van der Waals surface area (Å²) >= 11 is 10.8. The van der Waals surface area contributed by atoms with E-state index in [1.165, 1.54) is 0 Å². The molecule has 1 aromatic carbocycles. The van der Waals surface area contributed by atoms with Crippen LogP contribution in [0.3, 0.4) is 0 Å². The zero-order valence-electron chi connectivity index (χ0n) is 10.6. The molecule has 0 aliphatic heterocycles. The van der Waals surface area contributed by atoms with Crippen LogP contribution in [-0.4, -0.2) is 28.9 Å². The number of rotatable bonds is 5. The normalized spacial score (nSPS) is 10.2. The smallest absolute Gasteiger partial charge is 0.254 e. The molecule has 0 saturated heterocycles. The van der Waals surface area contributed by atoms with Gasteiger partial charge in [0.05, 0.1) is 11.5 Å². The van der Waals surface area contributed by atoms with Crippen molar-refractivity contribution in [3.05, 3.63) is 34.3 Å². The summed E-state index contributed by atoms with van der Waals surface area (Å²) in [7, 11) is 0. The molecule has 5 heteroatoms. The highest BCUT2D eigenvalue weighted by Gasteiger charge is 2.16. The molecule has 0 fully saturated rings. The molecule has 98 valence electrons. The Morgan fingerprint density at radius 3 is 2.61 bits per heavy atom. The van der Waals surface area contributed by atoms with Gasteiger partial charge in [-0.25, -0.2) is 0 Å². The van der Waals surface area contributed by atoms with E-state index in [-0.39, 0.29) is 5.91 Å². The molecule has 0 aliphatic rings. The van der Waals surface area contributed by atoms with Gasteiger partial charge in [-0.3, -0.25) is 4.79 Å². The van der Waals surface area contributed by atoms with Crippen LogP contribution in [0, 0.1) is 6.92 Å². The molecule has 0 aliphatic carbocycles. The van der Waals surface area contributed by atoms with Gasteiger partial charge in [0.2, 0.25) is 0 Å². The molecule has 0 aromatic heterocycles. The number of hydrogen-bond donors (Lipinski definition) is 1. The highest BCUT2D eigenvalue weighted by atomic mass is 35.5. The van der Waals surface area contributed by atoms with E-state index in [1.807, 2.05) is 26.0 Å². The summed E-state index contributed by atoms with van der Waals surface area (Å²) in [6.45, 7) is 4.83. The quantitative estimate of drug-likeness (QED) is 0.846. The fourth-order valence-corrected chi connectivity index (χ4v) is 2.20. The Morgan fingerprint density at radius 2 is 2.11 bits per heavy atom. The van der Waals surface area contributed by atoms with Crippen LogP contribution < -0.4 is 5.73 Å². The topological polar surface area (TPSA) is 46.3 Å². The minimum Gasteiger partial charge on any atom is -0.392 e. The van der Waals surface area contributed by atoms with Crippen molar-refractivity contribution in [2.45, 2.75) is 20.3 Å². The molecule has 0 bridgehead atoms. The maximum absolute atomic E-state index is 12.3. The number of aryl methyl sites for hydroxylation is 1. The third-order valence-corrected chi connectivity index (χ3v) is 2.76. The molecule has 0 spiro atoms. The minimum absolute atomic E-state index is 0.0877. The second kappa shape index (κ2) is 6.71. The molecule has 1 aromatic rings. The highest BCUT2D eigenvalue weighted by Crippen LogP contribution is 2.16. The van der Waals surface area contributed by atoms with Gasteiger partial charge in [0.1, 0.15) is 0 Å². The Morgan fingerprint density at radius 1 is 1.44 bits per heavy atom. The number of hydrogen-bond acceptors (Lipinski definition) is 2. The first-order valence-electron chi connectivity index (χ1n) is 5.78. The molecule has 3 nitrogen and oxygen atoms in total. The van der Waals surface area contributed by atoms with Crippen LogP contribution in [0.4, 0.5) is 0 Å². The summed E-state index contributed by atoms with van der Waals surface area (Å²) in [5, 5.41) is 0.560. The van der Waals surface area contributed by atoms with Crippen molar-refractivity contribution in [2.24, 2.45) is 5.73 Å². The second-order valence-electron chi connectivity index (χ2n) is 4.21. The number of thiocarbonyl (C=S) groups is 1. The van der Waals surface area contributed by atoms with Crippen LogP contribution >= 0.6 is 23.8 Å². The van der Waals surface area contributed by atoms with Gasteiger partial charge in [0, 0.05) is 17.1 Å². The van der Waals surface area contributed by atoms with Gasteiger partial charge in [0.25, 0.3) is 5.91 Å². The number of amides is 1. The summed E-state index contributed by atoms with van der Waals surface area (Å²) < 4.78 is 0. The average Bonchev–Trinajstić information content (AvgIpc) is 2.25. The van der Waals surface area contributed by atoms with E-state index in [1.54, 1.807) is 11.0 Å². The minimum atomic E-state index is -0.0877. The Hall–Kier alpha value is -1.13. The van der Waals surface area contributed by atoms with Crippen LogP contribution in [0.25, 0.3) is 0 Å². The summed E-state index contributed by atoms with van der Waals surface area (Å²) in [6.07, 6.45) is 0.855. The fourth-order valence-electron chi connectivity index (χ4n) is 1.75. The summed E-state index contributed by atoms with van der Waals surface area (Å²) in [5.41, 5.74) is 7.04. The lowest BCUT2D eigenvalue weighted by atomic mass is 10.1. The van der Waals surface area contributed by atoms with Crippen LogP contribution in [-0.2, 0) is 0 Å². The Bertz CT molecular complexity index is 442. The first-order chi connectivity index (χ1) is 8.43. The van der Waals surface area contributed by atoms with Crippen LogP contribution in [0.15, 0.2) is 18.2 Å². The summed E-state index contributed by atoms with van der Waals surface area (Å²) in [4.78, 5) is 14.3. The zero-order valence-corrected chi connectivity index (χ0v) is 12.1. The second-order valence-corrected chi connectivity index (χ2v) is 5.17. The monoisotopic (exact) mass is 284 g/mol. The Balaban J connectivity index is 2.97. The van der Waals surface area contributed by atoms with E-state index >= 15 is 0 Å². The van der Waals surface area contributed by atoms with E-state index in [0.29, 0.717) is 28.7 Å². The molecule has 0 heterocycles. The molecule has 2 N–H and O–H groups in total. The van der Waals surface area contributed by atoms with Crippen molar-refractivity contribution in [1.82, 2.24) is 4.90 Å². The third kappa shape index (κ3) is 4.27. The highest BCUT2D eigenvalue weighted by molar-refractivity contribution is 7.80. The largest absolute Gasteiger partial charge is 0.392 e. The first kappa shape index (κ1) is 14.9. The Labute approximate surface area is 118 Å². The molecule has 0 atom stereocenters. The predicted octanol–water partition coefficient (Wildman–Crippen LogP) is 2.79. The molecule has 1 amide bonds. The predicted molar refractivity (Wildman–Crippen MR) is 79.2 cm³/mol. The molecule has 1 rings (SSSR count). The van der Waals surface area contributed by atoms with Crippen LogP contribution in [0.1, 0.15) is 29.3 Å². The Kier molecular flexibility index (Phi) is 5.56. The maximum atomic E-state index is 12.3. The van der Waals surface area contributed by atoms with Crippen LogP contribution in [0.2, 0.25) is 5.02 Å². The van der Waals surface area contributed by atoms with Gasteiger partial charge in [-0.1, -0.05) is 30.7 Å². The van der Waals surface area contributed by atoms with Gasteiger partial charge in [0.15, 0.2) is 0 Å². The van der Waals surface area contributed by atoms with Gasteiger partial charge in [-0.2, -0.15) is 0 Å². The molecule has 0 radical (unpaired) electrons. The van der Waals surface area contributed by atoms with Gasteiger partial charge in [-0.15, -0.1) is 0 Å². The number of halogens is 1. The summed E-state index contributed by atoms with van der Waals surface area (Å²) in [5.74, 6) is -0.0877. The number of nitrogens with zero attached hydrogens (tertiary/aromatic N) is 1. The SMILES string of the molecule is CCCN(CC(N)=S)C(=O)c1cc(C)cc(Cl)c1. The van der Waals surface area contributed by atoms with E-state index in [4.69, 9.17) is 29.6 Å². The first-order valence-corrected chi connectivity index (χ1v) is 6.57. The number of carbonyl (C=O) groups excluding carboxylic acids is 1. The number of carbonyl (C=O) groups is 1. The zero-order chi connectivity index (χ0) is 13.7. The van der Waals surface area contributed by atoms with Crippen LogP contribution in [0.5, 0.6) is 0 Å². The fraction of sp³-hybridized carbons (Fsp3) is 0.385. The van der Waals surface area contributed by atoms with E-state index < -0.39 is 0 Å². The number of nitrogens with two attached hydrogens (primary N) is 1. The van der Waals surface area contributed by atoms with Crippen molar-refractivity contribution >= 4 is 34.7 Å². The van der Waals surface area contributed by atoms with Crippen molar-refractivity contribution in [1.29, 1.82) is 0 Å². The molecule has 18 heavy (non-hydrogen) atoms. The third-order valence-electron chi connectivity index (χ3n) is 2.42. The van der Waals surface area contributed by atoms with E-state index in [0.717, 1.165) is 12.0 Å². The molecular weight excluding hydrogens is 268 g/mol. The van der Waals surface area contributed by atoms with Crippen molar-refractivity contribution < 1.29 is 4.79 Å². The van der Waals surface area contributed by atoms with Gasteiger partial charge in [-0.05, 0) is 37.1 Å². The lowest BCUT2D eigenvalue weighted by Crippen LogP contribution is -2.38. The standard InChI is InChI=1S/C13H17ClN2OS/c1-3-4-16(8-12(15)18)13(17)10-5-9(2)6-11(14)7-10/h5-7H,3-4,8H2,1-2H3,(H2,15,18). The number of benzene rings is 1. The average molecular weight is 285 g/mol. The van der Waals surface area contributed by atoms with E-state index in [9.17, 15) is 4.79 Å². The van der Waals surface area contributed by atoms with Crippen molar-refractivity contribution in [3.63, 3.8) is 0 Å². The molecular formula is C13H17ClN2OS. The van der Waals surface area contributed by atoms with E-state index in [2.05, 4.69) is 0 Å². The molecule has 0 saturated carbocycles. The maximum Gasteiger partial charge on any atom is 0.254 e.